The minimum Gasteiger partial charge on any atom is -0.480 e. The van der Waals surface area contributed by atoms with Crippen molar-refractivity contribution in [2.24, 2.45) is 0 Å². The van der Waals surface area contributed by atoms with Gasteiger partial charge in [-0.1, -0.05) is 0 Å². The summed E-state index contributed by atoms with van der Waals surface area (Å²) in [6.07, 6.45) is -3.07. The van der Waals surface area contributed by atoms with E-state index in [2.05, 4.69) is 0 Å². The van der Waals surface area contributed by atoms with E-state index in [1.165, 1.54) is 6.92 Å². The maximum absolute atomic E-state index is 12.8. The first-order chi connectivity index (χ1) is 5.88. The Hall–Kier alpha value is -1.33. The van der Waals surface area contributed by atoms with Gasteiger partial charge in [-0.05, 0) is 6.92 Å². The molecular weight excluding hydrogens is 181 g/mol. The Balaban J connectivity index is 2.95. The zero-order chi connectivity index (χ0) is 10.2. The smallest absolute Gasteiger partial charge is 0.408 e. The minimum atomic E-state index is -1.62. The number of alkyl halides is 1. The number of amides is 1. The van der Waals surface area contributed by atoms with E-state index < -0.39 is 23.8 Å². The van der Waals surface area contributed by atoms with Crippen LogP contribution in [0.2, 0.25) is 0 Å². The van der Waals surface area contributed by atoms with Crippen molar-refractivity contribution in [3.8, 4) is 0 Å². The van der Waals surface area contributed by atoms with Crippen molar-refractivity contribution >= 4 is 12.1 Å². The largest absolute Gasteiger partial charge is 0.480 e. The molecule has 74 valence electrons. The van der Waals surface area contributed by atoms with Crippen LogP contribution in [-0.2, 0) is 4.79 Å². The second-order valence-electron chi connectivity index (χ2n) is 3.27. The fourth-order valence-electron chi connectivity index (χ4n) is 1.50. The third-order valence-corrected chi connectivity index (χ3v) is 2.29. The fourth-order valence-corrected chi connectivity index (χ4v) is 1.50. The van der Waals surface area contributed by atoms with E-state index in [4.69, 9.17) is 10.2 Å². The first-order valence-corrected chi connectivity index (χ1v) is 3.76. The molecule has 0 spiro atoms. The number of aliphatic carboxylic acids is 1. The summed E-state index contributed by atoms with van der Waals surface area (Å²) in [5.41, 5.74) is -1.62. The van der Waals surface area contributed by atoms with Gasteiger partial charge in [0.1, 0.15) is 11.7 Å². The first kappa shape index (κ1) is 9.76. The molecule has 6 heteroatoms. The molecule has 1 rings (SSSR count). The van der Waals surface area contributed by atoms with Crippen LogP contribution in [0.5, 0.6) is 0 Å². The van der Waals surface area contributed by atoms with Crippen molar-refractivity contribution < 1.29 is 24.2 Å². The van der Waals surface area contributed by atoms with Crippen LogP contribution < -0.4 is 0 Å². The second-order valence-corrected chi connectivity index (χ2v) is 3.27. The van der Waals surface area contributed by atoms with Gasteiger partial charge < -0.3 is 10.2 Å². The molecule has 0 bridgehead atoms. The molecule has 1 aliphatic rings. The highest BCUT2D eigenvalue weighted by Gasteiger charge is 2.50. The lowest BCUT2D eigenvalue weighted by Gasteiger charge is -2.27. The van der Waals surface area contributed by atoms with Gasteiger partial charge in [-0.25, -0.2) is 14.0 Å². The molecule has 1 fully saturated rings. The van der Waals surface area contributed by atoms with Crippen LogP contribution in [0.3, 0.4) is 0 Å². The highest BCUT2D eigenvalue weighted by Crippen LogP contribution is 2.31. The van der Waals surface area contributed by atoms with E-state index in [1.807, 2.05) is 0 Å². The summed E-state index contributed by atoms with van der Waals surface area (Å²) >= 11 is 0. The van der Waals surface area contributed by atoms with Crippen LogP contribution in [0.15, 0.2) is 0 Å². The number of nitrogens with zero attached hydrogens (tertiary/aromatic N) is 1. The van der Waals surface area contributed by atoms with Crippen molar-refractivity contribution in [1.29, 1.82) is 0 Å². The molecule has 0 aromatic carbocycles. The molecule has 0 unspecified atom stereocenters. The Kier molecular flexibility index (Phi) is 2.15. The predicted molar refractivity (Wildman–Crippen MR) is 40.3 cm³/mol. The molecule has 0 aromatic rings. The average Bonchev–Trinajstić information content (AvgIpc) is 2.27. The van der Waals surface area contributed by atoms with Crippen LogP contribution >= 0.6 is 0 Å². The Bertz CT molecular complexity index is 257. The van der Waals surface area contributed by atoms with Crippen molar-refractivity contribution in [2.45, 2.75) is 25.1 Å². The van der Waals surface area contributed by atoms with Gasteiger partial charge >= 0.3 is 12.1 Å². The monoisotopic (exact) mass is 191 g/mol. The Morgan fingerprint density at radius 2 is 2.08 bits per heavy atom. The molecule has 0 saturated carbocycles. The number of hydrogen-bond acceptors (Lipinski definition) is 2. The Morgan fingerprint density at radius 3 is 2.38 bits per heavy atom. The van der Waals surface area contributed by atoms with Crippen LogP contribution in [-0.4, -0.2) is 45.4 Å². The van der Waals surface area contributed by atoms with Gasteiger partial charge in [0.25, 0.3) is 0 Å². The Morgan fingerprint density at radius 1 is 1.54 bits per heavy atom. The Labute approximate surface area is 73.8 Å². The number of carbonyl (C=O) groups is 2. The van der Waals surface area contributed by atoms with Crippen molar-refractivity contribution in [2.75, 3.05) is 6.54 Å². The molecular formula is C7H10FNO4. The van der Waals surface area contributed by atoms with Crippen molar-refractivity contribution in [3.63, 3.8) is 0 Å². The SMILES string of the molecule is C[C@@]1(C(=O)O)C[C@@H](F)CN1C(=O)O. The average molecular weight is 191 g/mol. The van der Waals surface area contributed by atoms with Gasteiger partial charge in [-0.15, -0.1) is 0 Å². The maximum Gasteiger partial charge on any atom is 0.408 e. The summed E-state index contributed by atoms with van der Waals surface area (Å²) in [5, 5.41) is 17.3. The van der Waals surface area contributed by atoms with Crippen molar-refractivity contribution in [3.05, 3.63) is 0 Å². The normalized spacial score (nSPS) is 33.4. The topological polar surface area (TPSA) is 77.8 Å². The molecule has 2 N–H and O–H groups in total. The summed E-state index contributed by atoms with van der Waals surface area (Å²) in [6.45, 7) is 0.848. The minimum absolute atomic E-state index is 0.283. The maximum atomic E-state index is 12.8. The fraction of sp³-hybridized carbons (Fsp3) is 0.714. The van der Waals surface area contributed by atoms with E-state index in [9.17, 15) is 14.0 Å². The quantitative estimate of drug-likeness (QED) is 0.634. The number of likely N-dealkylation sites (tertiary alicyclic amines) is 1. The number of hydrogen-bond donors (Lipinski definition) is 2. The molecule has 1 amide bonds. The van der Waals surface area contributed by atoms with E-state index in [0.29, 0.717) is 4.90 Å². The summed E-state index contributed by atoms with van der Waals surface area (Å²) in [4.78, 5) is 21.9. The highest BCUT2D eigenvalue weighted by molar-refractivity contribution is 5.84. The lowest BCUT2D eigenvalue weighted by atomic mass is 9.99. The number of carboxylic acid groups (broad SMARTS) is 2. The molecule has 0 aromatic heterocycles. The molecule has 0 radical (unpaired) electrons. The van der Waals surface area contributed by atoms with Gasteiger partial charge in [0.05, 0.1) is 6.54 Å². The first-order valence-electron chi connectivity index (χ1n) is 3.76. The molecule has 0 aliphatic carbocycles. The molecule has 5 nitrogen and oxygen atoms in total. The third kappa shape index (κ3) is 1.43. The zero-order valence-corrected chi connectivity index (χ0v) is 7.03. The third-order valence-electron chi connectivity index (χ3n) is 2.29. The summed E-state index contributed by atoms with van der Waals surface area (Å²) < 4.78 is 12.8. The van der Waals surface area contributed by atoms with Crippen LogP contribution in [0.25, 0.3) is 0 Å². The van der Waals surface area contributed by atoms with Crippen molar-refractivity contribution in [1.82, 2.24) is 4.90 Å². The molecule has 13 heavy (non-hydrogen) atoms. The van der Waals surface area contributed by atoms with Crippen LogP contribution in [0, 0.1) is 0 Å². The molecule has 1 saturated heterocycles. The van der Waals surface area contributed by atoms with E-state index in [-0.39, 0.29) is 13.0 Å². The van der Waals surface area contributed by atoms with Crippen LogP contribution in [0.4, 0.5) is 9.18 Å². The zero-order valence-electron chi connectivity index (χ0n) is 7.03. The van der Waals surface area contributed by atoms with Gasteiger partial charge in [-0.2, -0.15) is 0 Å². The lowest BCUT2D eigenvalue weighted by Crippen LogP contribution is -2.50. The molecule has 1 heterocycles. The lowest BCUT2D eigenvalue weighted by molar-refractivity contribution is -0.147. The molecule has 2 atom stereocenters. The van der Waals surface area contributed by atoms with Crippen LogP contribution in [0.1, 0.15) is 13.3 Å². The summed E-state index contributed by atoms with van der Waals surface area (Å²) in [5.74, 6) is -1.31. The van der Waals surface area contributed by atoms with Gasteiger partial charge in [0.15, 0.2) is 0 Å². The summed E-state index contributed by atoms with van der Waals surface area (Å²) in [6, 6.07) is 0. The van der Waals surface area contributed by atoms with Gasteiger partial charge in [-0.3, -0.25) is 4.90 Å². The highest BCUT2D eigenvalue weighted by atomic mass is 19.1. The molecule has 1 aliphatic heterocycles. The summed E-state index contributed by atoms with van der Waals surface area (Å²) in [7, 11) is 0. The predicted octanol–water partition coefficient (Wildman–Crippen LogP) is 0.551. The number of carboxylic acids is 1. The van der Waals surface area contributed by atoms with E-state index >= 15 is 0 Å². The number of halogens is 1. The van der Waals surface area contributed by atoms with Gasteiger partial charge in [0, 0.05) is 6.42 Å². The van der Waals surface area contributed by atoms with E-state index in [1.54, 1.807) is 0 Å². The second kappa shape index (κ2) is 2.86. The van der Waals surface area contributed by atoms with E-state index in [0.717, 1.165) is 0 Å². The van der Waals surface area contributed by atoms with Gasteiger partial charge in [0.2, 0.25) is 0 Å². The standard InChI is InChI=1S/C7H10FNO4/c1-7(5(10)11)2-4(8)3-9(7)6(12)13/h4H,2-3H2,1H3,(H,10,11)(H,12,13)/t4-,7+/m1/s1. The number of rotatable bonds is 1.